The summed E-state index contributed by atoms with van der Waals surface area (Å²) in [7, 11) is 0. The Kier molecular flexibility index (Phi) is 4.62. The number of ether oxygens (including phenoxy) is 1. The van der Waals surface area contributed by atoms with Gasteiger partial charge in [0.05, 0.1) is 12.2 Å². The van der Waals surface area contributed by atoms with E-state index in [1.165, 1.54) is 12.1 Å². The third kappa shape index (κ3) is 3.59. The highest BCUT2D eigenvalue weighted by molar-refractivity contribution is 5.36. The minimum atomic E-state index is -0.523. The first-order valence-electron chi connectivity index (χ1n) is 5.10. The maximum atomic E-state index is 13.1. The second-order valence-electron chi connectivity index (χ2n) is 3.31. The molecule has 0 amide bonds. The molecule has 0 bridgehead atoms. The predicted octanol–water partition coefficient (Wildman–Crippen LogP) is 3.27. The fourth-order valence-corrected chi connectivity index (χ4v) is 1.22. The van der Waals surface area contributed by atoms with Gasteiger partial charge in [-0.25, -0.2) is 4.39 Å². The zero-order valence-electron chi connectivity index (χ0n) is 8.79. The molecule has 0 N–H and O–H groups in total. The summed E-state index contributed by atoms with van der Waals surface area (Å²) in [6, 6.07) is 6.08. The number of hydrogen-bond donors (Lipinski definition) is 0. The van der Waals surface area contributed by atoms with E-state index in [2.05, 4.69) is 6.92 Å². The van der Waals surface area contributed by atoms with Crippen molar-refractivity contribution in [3.05, 3.63) is 29.6 Å². The van der Waals surface area contributed by atoms with Crippen LogP contribution in [0.25, 0.3) is 0 Å². The number of rotatable bonds is 5. The molecule has 1 rings (SSSR count). The van der Waals surface area contributed by atoms with Gasteiger partial charge in [-0.15, -0.1) is 0 Å². The van der Waals surface area contributed by atoms with Crippen LogP contribution < -0.4 is 4.74 Å². The van der Waals surface area contributed by atoms with Gasteiger partial charge < -0.3 is 4.74 Å². The van der Waals surface area contributed by atoms with Gasteiger partial charge in [0.15, 0.2) is 0 Å². The van der Waals surface area contributed by atoms with Crippen LogP contribution in [0.1, 0.15) is 31.7 Å². The van der Waals surface area contributed by atoms with E-state index in [1.807, 2.05) is 0 Å². The molecule has 0 aromatic heterocycles. The molecule has 0 saturated carbocycles. The van der Waals surface area contributed by atoms with Crippen molar-refractivity contribution in [3.8, 4) is 11.8 Å². The summed E-state index contributed by atoms with van der Waals surface area (Å²) >= 11 is 0. The Hall–Kier alpha value is -1.56. The minimum absolute atomic E-state index is 0.0518. The van der Waals surface area contributed by atoms with Crippen molar-refractivity contribution in [2.75, 3.05) is 6.61 Å². The van der Waals surface area contributed by atoms with Crippen LogP contribution in [0.4, 0.5) is 4.39 Å². The Morgan fingerprint density at radius 2 is 2.20 bits per heavy atom. The number of nitrogens with zero attached hydrogens (tertiary/aromatic N) is 1. The number of hydrogen-bond acceptors (Lipinski definition) is 2. The van der Waals surface area contributed by atoms with E-state index in [9.17, 15) is 4.39 Å². The van der Waals surface area contributed by atoms with Crippen LogP contribution in [-0.4, -0.2) is 6.61 Å². The van der Waals surface area contributed by atoms with E-state index in [0.717, 1.165) is 19.3 Å². The van der Waals surface area contributed by atoms with Gasteiger partial charge in [-0.05, 0) is 18.6 Å². The van der Waals surface area contributed by atoms with Crippen molar-refractivity contribution in [1.82, 2.24) is 0 Å². The minimum Gasteiger partial charge on any atom is -0.493 e. The monoisotopic (exact) mass is 207 g/mol. The molecule has 0 aliphatic heterocycles. The maximum absolute atomic E-state index is 13.1. The average molecular weight is 207 g/mol. The molecule has 0 fully saturated rings. The normalized spacial score (nSPS) is 9.67. The number of halogens is 1. The first-order chi connectivity index (χ1) is 7.27. The van der Waals surface area contributed by atoms with Gasteiger partial charge in [0.1, 0.15) is 17.6 Å². The summed E-state index contributed by atoms with van der Waals surface area (Å²) in [5, 5.41) is 8.52. The quantitative estimate of drug-likeness (QED) is 0.694. The lowest BCUT2D eigenvalue weighted by Gasteiger charge is -2.05. The van der Waals surface area contributed by atoms with Gasteiger partial charge >= 0.3 is 0 Å². The van der Waals surface area contributed by atoms with Crippen molar-refractivity contribution < 1.29 is 9.13 Å². The summed E-state index contributed by atoms with van der Waals surface area (Å²) in [6.07, 6.45) is 3.21. The standard InChI is InChI=1S/C12H14FNO/c1-2-3-4-7-15-11-6-5-10(9-14)12(13)8-11/h5-6,8H,2-4,7H2,1H3. The van der Waals surface area contributed by atoms with Crippen LogP contribution in [-0.2, 0) is 0 Å². The number of unbranched alkanes of at least 4 members (excludes halogenated alkanes) is 2. The summed E-state index contributed by atoms with van der Waals surface area (Å²) in [5.41, 5.74) is 0.0518. The molecule has 1 aromatic rings. The highest BCUT2D eigenvalue weighted by Crippen LogP contribution is 2.16. The molecule has 0 aliphatic carbocycles. The van der Waals surface area contributed by atoms with Gasteiger partial charge in [-0.2, -0.15) is 5.26 Å². The number of benzene rings is 1. The molecular formula is C12H14FNO. The van der Waals surface area contributed by atoms with Gasteiger partial charge in [0.2, 0.25) is 0 Å². The molecular weight excluding hydrogens is 193 g/mol. The Labute approximate surface area is 89.3 Å². The van der Waals surface area contributed by atoms with Gasteiger partial charge in [0.25, 0.3) is 0 Å². The SMILES string of the molecule is CCCCCOc1ccc(C#N)c(F)c1. The van der Waals surface area contributed by atoms with Crippen molar-refractivity contribution in [3.63, 3.8) is 0 Å². The third-order valence-corrected chi connectivity index (χ3v) is 2.08. The van der Waals surface area contributed by atoms with Crippen molar-refractivity contribution >= 4 is 0 Å². The first-order valence-corrected chi connectivity index (χ1v) is 5.10. The van der Waals surface area contributed by atoms with E-state index < -0.39 is 5.82 Å². The van der Waals surface area contributed by atoms with Crippen molar-refractivity contribution in [2.24, 2.45) is 0 Å². The van der Waals surface area contributed by atoms with Crippen molar-refractivity contribution in [2.45, 2.75) is 26.2 Å². The second-order valence-corrected chi connectivity index (χ2v) is 3.31. The highest BCUT2D eigenvalue weighted by atomic mass is 19.1. The van der Waals surface area contributed by atoms with Crippen LogP contribution in [0.15, 0.2) is 18.2 Å². The molecule has 0 atom stereocenters. The average Bonchev–Trinajstić information content (AvgIpc) is 2.25. The van der Waals surface area contributed by atoms with Crippen LogP contribution in [0.2, 0.25) is 0 Å². The van der Waals surface area contributed by atoms with E-state index in [4.69, 9.17) is 10.00 Å². The molecule has 0 saturated heterocycles. The summed E-state index contributed by atoms with van der Waals surface area (Å²) in [6.45, 7) is 2.71. The van der Waals surface area contributed by atoms with E-state index in [-0.39, 0.29) is 5.56 Å². The Bertz CT molecular complexity index is 357. The van der Waals surface area contributed by atoms with Crippen molar-refractivity contribution in [1.29, 1.82) is 5.26 Å². The molecule has 0 radical (unpaired) electrons. The summed E-state index contributed by atoms with van der Waals surface area (Å²) in [5.74, 6) is -0.0342. The zero-order chi connectivity index (χ0) is 11.1. The Balaban J connectivity index is 2.49. The molecule has 0 unspecified atom stereocenters. The Morgan fingerprint density at radius 1 is 1.40 bits per heavy atom. The fourth-order valence-electron chi connectivity index (χ4n) is 1.22. The lowest BCUT2D eigenvalue weighted by molar-refractivity contribution is 0.305. The first kappa shape index (κ1) is 11.5. The fraction of sp³-hybridized carbons (Fsp3) is 0.417. The van der Waals surface area contributed by atoms with Gasteiger partial charge in [0, 0.05) is 6.07 Å². The third-order valence-electron chi connectivity index (χ3n) is 2.08. The van der Waals surface area contributed by atoms with Crippen LogP contribution in [0.5, 0.6) is 5.75 Å². The largest absolute Gasteiger partial charge is 0.493 e. The molecule has 0 heterocycles. The Morgan fingerprint density at radius 3 is 2.80 bits per heavy atom. The van der Waals surface area contributed by atoms with Crippen LogP contribution in [0.3, 0.4) is 0 Å². The molecule has 0 spiro atoms. The lowest BCUT2D eigenvalue weighted by atomic mass is 10.2. The lowest BCUT2D eigenvalue weighted by Crippen LogP contribution is -1.97. The van der Waals surface area contributed by atoms with Crippen LogP contribution >= 0.6 is 0 Å². The summed E-state index contributed by atoms with van der Waals surface area (Å²) in [4.78, 5) is 0. The topological polar surface area (TPSA) is 33.0 Å². The van der Waals surface area contributed by atoms with E-state index in [0.29, 0.717) is 12.4 Å². The molecule has 3 heteroatoms. The molecule has 80 valence electrons. The summed E-state index contributed by atoms with van der Waals surface area (Å²) < 4.78 is 18.5. The molecule has 2 nitrogen and oxygen atoms in total. The van der Waals surface area contributed by atoms with E-state index in [1.54, 1.807) is 12.1 Å². The molecule has 0 aliphatic rings. The second kappa shape index (κ2) is 6.02. The van der Waals surface area contributed by atoms with Gasteiger partial charge in [-0.3, -0.25) is 0 Å². The predicted molar refractivity (Wildman–Crippen MR) is 56.1 cm³/mol. The maximum Gasteiger partial charge on any atom is 0.144 e. The smallest absolute Gasteiger partial charge is 0.144 e. The zero-order valence-corrected chi connectivity index (χ0v) is 8.79. The van der Waals surface area contributed by atoms with E-state index >= 15 is 0 Å². The molecule has 1 aromatic carbocycles. The van der Waals surface area contributed by atoms with Crippen LogP contribution in [0, 0.1) is 17.1 Å². The molecule has 15 heavy (non-hydrogen) atoms. The number of nitriles is 1. The highest BCUT2D eigenvalue weighted by Gasteiger charge is 2.02. The van der Waals surface area contributed by atoms with Gasteiger partial charge in [-0.1, -0.05) is 19.8 Å².